The number of rotatable bonds is 5. The van der Waals surface area contributed by atoms with E-state index >= 15 is 0 Å². The zero-order valence-electron chi connectivity index (χ0n) is 11.1. The highest BCUT2D eigenvalue weighted by molar-refractivity contribution is 5.83. The number of hydrogen-bond acceptors (Lipinski definition) is 3. The molecule has 0 aliphatic rings. The Kier molecular flexibility index (Phi) is 5.36. The maximum absolute atomic E-state index is 12.0. The standard InChI is InChI=1S/C14H19NO3/c1-11(2)14(17)15(10-13(16)18-3)9-12-7-5-4-6-8-12/h4-8,11H,9-10H2,1-3H3. The molecule has 1 aromatic carbocycles. The molecule has 18 heavy (non-hydrogen) atoms. The van der Waals surface area contributed by atoms with Gasteiger partial charge in [0.25, 0.3) is 0 Å². The number of amides is 1. The molecule has 0 aliphatic carbocycles. The maximum atomic E-state index is 12.0. The van der Waals surface area contributed by atoms with Crippen LogP contribution < -0.4 is 0 Å². The lowest BCUT2D eigenvalue weighted by Gasteiger charge is -2.23. The first-order chi connectivity index (χ1) is 8.54. The van der Waals surface area contributed by atoms with E-state index in [-0.39, 0.29) is 18.4 Å². The average molecular weight is 249 g/mol. The summed E-state index contributed by atoms with van der Waals surface area (Å²) in [6.45, 7) is 4.05. The van der Waals surface area contributed by atoms with Gasteiger partial charge in [-0.2, -0.15) is 0 Å². The zero-order valence-corrected chi connectivity index (χ0v) is 11.1. The third-order valence-corrected chi connectivity index (χ3v) is 2.57. The summed E-state index contributed by atoms with van der Waals surface area (Å²) in [6, 6.07) is 9.59. The number of hydrogen-bond donors (Lipinski definition) is 0. The lowest BCUT2D eigenvalue weighted by Crippen LogP contribution is -2.38. The minimum atomic E-state index is -0.403. The molecule has 0 saturated heterocycles. The van der Waals surface area contributed by atoms with Crippen molar-refractivity contribution in [3.05, 3.63) is 35.9 Å². The zero-order chi connectivity index (χ0) is 13.5. The molecule has 0 bridgehead atoms. The van der Waals surface area contributed by atoms with E-state index in [1.54, 1.807) is 0 Å². The fourth-order valence-electron chi connectivity index (χ4n) is 1.60. The van der Waals surface area contributed by atoms with E-state index in [2.05, 4.69) is 4.74 Å². The second-order valence-corrected chi connectivity index (χ2v) is 4.41. The van der Waals surface area contributed by atoms with Gasteiger partial charge in [0.1, 0.15) is 6.54 Å². The molecule has 4 heteroatoms. The number of benzene rings is 1. The van der Waals surface area contributed by atoms with Crippen LogP contribution >= 0.6 is 0 Å². The topological polar surface area (TPSA) is 46.6 Å². The molecular weight excluding hydrogens is 230 g/mol. The van der Waals surface area contributed by atoms with Crippen molar-refractivity contribution >= 4 is 11.9 Å². The Bertz CT molecular complexity index is 401. The minimum absolute atomic E-state index is 0.0115. The van der Waals surface area contributed by atoms with Gasteiger partial charge in [-0.1, -0.05) is 44.2 Å². The van der Waals surface area contributed by atoms with Gasteiger partial charge in [0, 0.05) is 12.5 Å². The summed E-state index contributed by atoms with van der Waals surface area (Å²) < 4.78 is 4.62. The number of methoxy groups -OCH3 is 1. The number of ether oxygens (including phenoxy) is 1. The Morgan fingerprint density at radius 2 is 1.83 bits per heavy atom. The van der Waals surface area contributed by atoms with Gasteiger partial charge in [0.15, 0.2) is 0 Å². The average Bonchev–Trinajstić information content (AvgIpc) is 2.38. The van der Waals surface area contributed by atoms with E-state index < -0.39 is 5.97 Å². The molecule has 0 heterocycles. The smallest absolute Gasteiger partial charge is 0.325 e. The van der Waals surface area contributed by atoms with Crippen LogP contribution in [0.2, 0.25) is 0 Å². The summed E-state index contributed by atoms with van der Waals surface area (Å²) in [5.74, 6) is -0.595. The number of carbonyl (C=O) groups is 2. The monoisotopic (exact) mass is 249 g/mol. The fraction of sp³-hybridized carbons (Fsp3) is 0.429. The summed E-state index contributed by atoms with van der Waals surface area (Å²) in [4.78, 5) is 24.9. The van der Waals surface area contributed by atoms with Gasteiger partial charge in [-0.15, -0.1) is 0 Å². The van der Waals surface area contributed by atoms with Gasteiger partial charge < -0.3 is 9.64 Å². The highest BCUT2D eigenvalue weighted by atomic mass is 16.5. The lowest BCUT2D eigenvalue weighted by atomic mass is 10.1. The van der Waals surface area contributed by atoms with Crippen LogP contribution in [0.4, 0.5) is 0 Å². The molecule has 0 spiro atoms. The number of carbonyl (C=O) groups excluding carboxylic acids is 2. The van der Waals surface area contributed by atoms with Crippen molar-refractivity contribution in [2.75, 3.05) is 13.7 Å². The highest BCUT2D eigenvalue weighted by Gasteiger charge is 2.20. The summed E-state index contributed by atoms with van der Waals surface area (Å²) >= 11 is 0. The predicted molar refractivity (Wildman–Crippen MR) is 68.7 cm³/mol. The Hall–Kier alpha value is -1.84. The molecule has 0 radical (unpaired) electrons. The first-order valence-corrected chi connectivity index (χ1v) is 5.94. The van der Waals surface area contributed by atoms with Crippen LogP contribution in [0.3, 0.4) is 0 Å². The van der Waals surface area contributed by atoms with E-state index in [0.29, 0.717) is 6.54 Å². The molecule has 0 aliphatic heterocycles. The molecule has 1 amide bonds. The summed E-state index contributed by atoms with van der Waals surface area (Å²) in [5, 5.41) is 0. The Morgan fingerprint density at radius 3 is 2.33 bits per heavy atom. The molecule has 1 aromatic rings. The maximum Gasteiger partial charge on any atom is 0.325 e. The third kappa shape index (κ3) is 4.20. The molecule has 0 fully saturated rings. The molecule has 0 aromatic heterocycles. The largest absolute Gasteiger partial charge is 0.468 e. The normalized spacial score (nSPS) is 10.2. The van der Waals surface area contributed by atoms with E-state index in [1.807, 2.05) is 44.2 Å². The van der Waals surface area contributed by atoms with Gasteiger partial charge >= 0.3 is 5.97 Å². The SMILES string of the molecule is COC(=O)CN(Cc1ccccc1)C(=O)C(C)C. The minimum Gasteiger partial charge on any atom is -0.468 e. The molecule has 0 N–H and O–H groups in total. The van der Waals surface area contributed by atoms with Crippen molar-refractivity contribution in [3.8, 4) is 0 Å². The van der Waals surface area contributed by atoms with E-state index in [4.69, 9.17) is 0 Å². The number of nitrogens with zero attached hydrogens (tertiary/aromatic N) is 1. The summed E-state index contributed by atoms with van der Waals surface area (Å²) in [6.07, 6.45) is 0. The van der Waals surface area contributed by atoms with Crippen molar-refractivity contribution in [1.29, 1.82) is 0 Å². The van der Waals surface area contributed by atoms with Crippen molar-refractivity contribution in [3.63, 3.8) is 0 Å². The number of esters is 1. The van der Waals surface area contributed by atoms with Gasteiger partial charge in [0.2, 0.25) is 5.91 Å². The molecule has 1 rings (SSSR count). The van der Waals surface area contributed by atoms with Gasteiger partial charge in [-0.3, -0.25) is 9.59 Å². The second kappa shape index (κ2) is 6.79. The summed E-state index contributed by atoms with van der Waals surface area (Å²) in [5.41, 5.74) is 0.996. The van der Waals surface area contributed by atoms with Crippen LogP contribution in [-0.4, -0.2) is 30.4 Å². The predicted octanol–water partition coefficient (Wildman–Crippen LogP) is 1.84. The van der Waals surface area contributed by atoms with Gasteiger partial charge in [0.05, 0.1) is 7.11 Å². The van der Waals surface area contributed by atoms with Crippen LogP contribution in [-0.2, 0) is 20.9 Å². The highest BCUT2D eigenvalue weighted by Crippen LogP contribution is 2.08. The quantitative estimate of drug-likeness (QED) is 0.748. The van der Waals surface area contributed by atoms with Crippen LogP contribution in [0.5, 0.6) is 0 Å². The van der Waals surface area contributed by atoms with Crippen LogP contribution in [0.15, 0.2) is 30.3 Å². The van der Waals surface area contributed by atoms with Gasteiger partial charge in [-0.05, 0) is 5.56 Å². The van der Waals surface area contributed by atoms with Crippen LogP contribution in [0.25, 0.3) is 0 Å². The third-order valence-electron chi connectivity index (χ3n) is 2.57. The van der Waals surface area contributed by atoms with Crippen LogP contribution in [0.1, 0.15) is 19.4 Å². The second-order valence-electron chi connectivity index (χ2n) is 4.41. The van der Waals surface area contributed by atoms with Crippen molar-refractivity contribution < 1.29 is 14.3 Å². The van der Waals surface area contributed by atoms with E-state index in [1.165, 1.54) is 12.0 Å². The Balaban J connectivity index is 2.77. The van der Waals surface area contributed by atoms with Gasteiger partial charge in [-0.25, -0.2) is 0 Å². The Morgan fingerprint density at radius 1 is 1.22 bits per heavy atom. The molecule has 0 saturated carbocycles. The first kappa shape index (κ1) is 14.2. The Labute approximate surface area is 108 Å². The fourth-order valence-corrected chi connectivity index (χ4v) is 1.60. The lowest BCUT2D eigenvalue weighted by molar-refractivity contribution is -0.148. The van der Waals surface area contributed by atoms with Crippen molar-refractivity contribution in [2.45, 2.75) is 20.4 Å². The molecule has 4 nitrogen and oxygen atoms in total. The molecule has 0 atom stereocenters. The first-order valence-electron chi connectivity index (χ1n) is 5.94. The van der Waals surface area contributed by atoms with Crippen molar-refractivity contribution in [1.82, 2.24) is 4.90 Å². The molecular formula is C14H19NO3. The van der Waals surface area contributed by atoms with Crippen molar-refractivity contribution in [2.24, 2.45) is 5.92 Å². The van der Waals surface area contributed by atoms with E-state index in [0.717, 1.165) is 5.56 Å². The molecule has 98 valence electrons. The summed E-state index contributed by atoms with van der Waals surface area (Å²) in [7, 11) is 1.32. The van der Waals surface area contributed by atoms with Crippen LogP contribution in [0, 0.1) is 5.92 Å². The molecule has 0 unspecified atom stereocenters. The van der Waals surface area contributed by atoms with E-state index in [9.17, 15) is 9.59 Å².